The van der Waals surface area contributed by atoms with Gasteiger partial charge in [0.05, 0.1) is 0 Å². The maximum absolute atomic E-state index is 3.50. The molecule has 3 heteroatoms. The Morgan fingerprint density at radius 1 is 0.852 bits per heavy atom. The van der Waals surface area contributed by atoms with Crippen molar-refractivity contribution in [3.05, 3.63) is 83.7 Å². The second-order valence-electron chi connectivity index (χ2n) is 7.18. The summed E-state index contributed by atoms with van der Waals surface area (Å²) in [5, 5.41) is 5.22. The van der Waals surface area contributed by atoms with E-state index >= 15 is 0 Å². The molecular weight excluding hydrogens is 500 g/mol. The van der Waals surface area contributed by atoms with Crippen LogP contribution in [-0.2, 0) is 33.9 Å². The van der Waals surface area contributed by atoms with Crippen LogP contribution in [0.4, 0.5) is 0 Å². The molecule has 0 saturated carbocycles. The molecule has 0 fully saturated rings. The Labute approximate surface area is 173 Å². The smallest absolute Gasteiger partial charge is 0.0459 e. The molecule has 2 N–H and O–H groups in total. The first-order chi connectivity index (χ1) is 12.8. The first-order valence-electron chi connectivity index (χ1n) is 9.25. The van der Waals surface area contributed by atoms with Gasteiger partial charge in [-0.2, -0.15) is 11.5 Å². The van der Waals surface area contributed by atoms with Crippen molar-refractivity contribution in [1.29, 1.82) is 0 Å². The van der Waals surface area contributed by atoms with Gasteiger partial charge in [0, 0.05) is 37.7 Å². The molecule has 0 unspecified atom stereocenters. The zero-order valence-electron chi connectivity index (χ0n) is 15.3. The van der Waals surface area contributed by atoms with Gasteiger partial charge in [-0.1, -0.05) is 42.0 Å². The normalized spacial score (nSPS) is 12.6. The summed E-state index contributed by atoms with van der Waals surface area (Å²) in [7, 11) is 0. The van der Waals surface area contributed by atoms with Gasteiger partial charge in [-0.05, 0) is 54.7 Å². The minimum absolute atomic E-state index is 0. The van der Waals surface area contributed by atoms with Crippen molar-refractivity contribution in [2.24, 2.45) is 0 Å². The van der Waals surface area contributed by atoms with Gasteiger partial charge < -0.3 is 9.97 Å². The molecule has 2 nitrogen and oxygen atoms in total. The van der Waals surface area contributed by atoms with Crippen LogP contribution in [0.2, 0.25) is 0 Å². The van der Waals surface area contributed by atoms with Crippen LogP contribution in [0.25, 0.3) is 32.6 Å². The SMILES string of the molecule is Cc1ccc2[nH]c3c(c2c1)CCC3.[W].[c-]1cc2cc3ccccc3cc2[nH]1. The van der Waals surface area contributed by atoms with E-state index in [1.54, 1.807) is 5.56 Å². The minimum atomic E-state index is 0. The zero-order chi connectivity index (χ0) is 17.5. The molecule has 1 aliphatic rings. The minimum Gasteiger partial charge on any atom is -0.477 e. The number of benzene rings is 3. The van der Waals surface area contributed by atoms with Crippen molar-refractivity contribution in [2.75, 3.05) is 0 Å². The topological polar surface area (TPSA) is 31.6 Å². The van der Waals surface area contributed by atoms with E-state index in [9.17, 15) is 0 Å². The van der Waals surface area contributed by atoms with Gasteiger partial charge in [0.15, 0.2) is 0 Å². The van der Waals surface area contributed by atoms with Gasteiger partial charge in [0.1, 0.15) is 0 Å². The third-order valence-corrected chi connectivity index (χ3v) is 5.36. The summed E-state index contributed by atoms with van der Waals surface area (Å²) in [5.74, 6) is 0. The van der Waals surface area contributed by atoms with Crippen LogP contribution in [0.3, 0.4) is 0 Å². The van der Waals surface area contributed by atoms with Crippen LogP contribution in [-0.4, -0.2) is 9.97 Å². The molecule has 6 rings (SSSR count). The number of H-pyrrole nitrogens is 2. The van der Waals surface area contributed by atoms with E-state index in [1.165, 1.54) is 57.6 Å². The molecule has 3 aromatic carbocycles. The van der Waals surface area contributed by atoms with E-state index in [0.29, 0.717) is 0 Å². The predicted octanol–water partition coefficient (Wildman–Crippen LogP) is 6.08. The fraction of sp³-hybridized carbons (Fsp3) is 0.167. The van der Waals surface area contributed by atoms with Crippen molar-refractivity contribution in [2.45, 2.75) is 26.2 Å². The zero-order valence-corrected chi connectivity index (χ0v) is 18.2. The Balaban J connectivity index is 0.000000129. The molecular formula is C24H21N2W-. The van der Waals surface area contributed by atoms with Crippen molar-refractivity contribution in [3.8, 4) is 0 Å². The van der Waals surface area contributed by atoms with Gasteiger partial charge in [0.2, 0.25) is 0 Å². The average Bonchev–Trinajstić information content (AvgIpc) is 3.36. The summed E-state index contributed by atoms with van der Waals surface area (Å²) in [4.78, 5) is 6.59. The van der Waals surface area contributed by atoms with E-state index in [0.717, 1.165) is 5.52 Å². The Morgan fingerprint density at radius 3 is 2.52 bits per heavy atom. The Bertz CT molecular complexity index is 1180. The average molecular weight is 521 g/mol. The Morgan fingerprint density at radius 2 is 1.67 bits per heavy atom. The number of fused-ring (bicyclic) bond motifs is 5. The maximum atomic E-state index is 3.50. The number of aromatic nitrogens is 2. The molecule has 1 aliphatic carbocycles. The molecule has 0 atom stereocenters. The van der Waals surface area contributed by atoms with Crippen LogP contribution in [0.5, 0.6) is 0 Å². The largest absolute Gasteiger partial charge is 0.477 e. The van der Waals surface area contributed by atoms with Crippen molar-refractivity contribution in [3.63, 3.8) is 0 Å². The summed E-state index contributed by atoms with van der Waals surface area (Å²) < 4.78 is 0. The number of rotatable bonds is 0. The Hall–Kier alpha value is -2.31. The van der Waals surface area contributed by atoms with Crippen molar-refractivity contribution < 1.29 is 21.1 Å². The Kier molecular flexibility index (Phi) is 4.93. The number of nitrogens with one attached hydrogen (secondary N) is 2. The standard InChI is InChI=1S/C12H13N.C12H8N.W/c1-8-5-6-12-10(7-8)9-3-2-4-11(9)13-12;1-2-4-10-8-12-11(5-6-13-12)7-9(10)3-1;/h5-7,13H,2-4H2,1H3;1-5,7-8,13H;/q;-1;. The molecule has 0 spiro atoms. The van der Waals surface area contributed by atoms with E-state index in [2.05, 4.69) is 77.7 Å². The molecule has 5 aromatic rings. The van der Waals surface area contributed by atoms with Gasteiger partial charge in [-0.15, -0.1) is 17.8 Å². The molecule has 0 bridgehead atoms. The van der Waals surface area contributed by atoms with Crippen LogP contribution in [0, 0.1) is 13.1 Å². The van der Waals surface area contributed by atoms with Crippen LogP contribution in [0.15, 0.2) is 60.7 Å². The first kappa shape index (κ1) is 18.1. The van der Waals surface area contributed by atoms with E-state index < -0.39 is 0 Å². The number of hydrogen-bond donors (Lipinski definition) is 2. The molecule has 2 aromatic heterocycles. The molecule has 0 saturated heterocycles. The summed E-state index contributed by atoms with van der Waals surface area (Å²) in [6, 6.07) is 21.3. The summed E-state index contributed by atoms with van der Waals surface area (Å²) in [5.41, 5.74) is 6.87. The van der Waals surface area contributed by atoms with E-state index in [-0.39, 0.29) is 21.1 Å². The van der Waals surface area contributed by atoms with Crippen molar-refractivity contribution >= 4 is 32.6 Å². The van der Waals surface area contributed by atoms with Gasteiger partial charge in [-0.3, -0.25) is 0 Å². The molecule has 27 heavy (non-hydrogen) atoms. The molecule has 2 heterocycles. The molecule has 134 valence electrons. The molecule has 0 amide bonds. The number of aromatic amines is 2. The molecule has 0 radical (unpaired) electrons. The van der Waals surface area contributed by atoms with Gasteiger partial charge in [0.25, 0.3) is 0 Å². The quantitative estimate of drug-likeness (QED) is 0.232. The second kappa shape index (κ2) is 7.37. The summed E-state index contributed by atoms with van der Waals surface area (Å²) >= 11 is 0. The first-order valence-corrected chi connectivity index (χ1v) is 9.25. The third-order valence-electron chi connectivity index (χ3n) is 5.36. The molecule has 0 aliphatic heterocycles. The monoisotopic (exact) mass is 521 g/mol. The number of hydrogen-bond acceptors (Lipinski definition) is 0. The maximum Gasteiger partial charge on any atom is 0.0459 e. The fourth-order valence-corrected chi connectivity index (χ4v) is 4.04. The summed E-state index contributed by atoms with van der Waals surface area (Å²) in [6.45, 7) is 2.16. The number of aryl methyl sites for hydroxylation is 3. The third kappa shape index (κ3) is 3.35. The van der Waals surface area contributed by atoms with Crippen LogP contribution >= 0.6 is 0 Å². The van der Waals surface area contributed by atoms with Crippen LogP contribution in [0.1, 0.15) is 23.2 Å². The fourth-order valence-electron chi connectivity index (χ4n) is 4.04. The predicted molar refractivity (Wildman–Crippen MR) is 110 cm³/mol. The summed E-state index contributed by atoms with van der Waals surface area (Å²) in [6.07, 6.45) is 6.81. The second-order valence-corrected chi connectivity index (χ2v) is 7.18. The van der Waals surface area contributed by atoms with Crippen LogP contribution < -0.4 is 0 Å². The van der Waals surface area contributed by atoms with Crippen molar-refractivity contribution in [1.82, 2.24) is 9.97 Å². The van der Waals surface area contributed by atoms with E-state index in [4.69, 9.17) is 0 Å². The van der Waals surface area contributed by atoms with Gasteiger partial charge in [-0.25, -0.2) is 0 Å². The van der Waals surface area contributed by atoms with E-state index in [1.807, 2.05) is 6.07 Å². The van der Waals surface area contributed by atoms with Gasteiger partial charge >= 0.3 is 0 Å².